The molecule has 0 unspecified atom stereocenters. The summed E-state index contributed by atoms with van der Waals surface area (Å²) in [7, 11) is 0. The van der Waals surface area contributed by atoms with Crippen molar-refractivity contribution in [3.05, 3.63) is 21.3 Å². The molecule has 118 valence electrons. The first kappa shape index (κ1) is 16.5. The summed E-state index contributed by atoms with van der Waals surface area (Å²) in [6.45, 7) is 3.90. The number of carbonyl (C=O) groups excluding carboxylic acids is 1. The quantitative estimate of drug-likeness (QED) is 0.868. The van der Waals surface area contributed by atoms with Crippen molar-refractivity contribution in [1.82, 2.24) is 10.2 Å². The molecular weight excluding hydrogens is 312 g/mol. The minimum atomic E-state index is -0.444. The van der Waals surface area contributed by atoms with Crippen molar-refractivity contribution in [1.29, 1.82) is 0 Å². The molecular formula is C14H21ClN2O3S. The fourth-order valence-electron chi connectivity index (χ4n) is 2.39. The van der Waals surface area contributed by atoms with Gasteiger partial charge in [0.05, 0.1) is 29.7 Å². The van der Waals surface area contributed by atoms with Crippen molar-refractivity contribution in [3.8, 4) is 0 Å². The lowest BCUT2D eigenvalue weighted by atomic mass is 10.1. The van der Waals surface area contributed by atoms with E-state index in [4.69, 9.17) is 16.3 Å². The number of hydrogen-bond acceptors (Lipinski definition) is 4. The van der Waals surface area contributed by atoms with E-state index in [1.165, 1.54) is 11.3 Å². The normalized spacial score (nSPS) is 20.3. The predicted molar refractivity (Wildman–Crippen MR) is 84.0 cm³/mol. The molecule has 1 aliphatic rings. The number of urea groups is 1. The Bertz CT molecular complexity index is 467. The number of aliphatic hydroxyl groups excluding tert-OH is 1. The maximum absolute atomic E-state index is 12.2. The van der Waals surface area contributed by atoms with Crippen LogP contribution in [0.1, 0.15) is 18.2 Å². The first-order chi connectivity index (χ1) is 10.1. The Morgan fingerprint density at radius 1 is 1.67 bits per heavy atom. The van der Waals surface area contributed by atoms with Crippen molar-refractivity contribution in [2.75, 3.05) is 26.3 Å². The Morgan fingerprint density at radius 3 is 3.14 bits per heavy atom. The molecule has 2 rings (SSSR count). The summed E-state index contributed by atoms with van der Waals surface area (Å²) >= 11 is 7.41. The number of rotatable bonds is 5. The fraction of sp³-hybridized carbons (Fsp3) is 0.643. The highest BCUT2D eigenvalue weighted by Gasteiger charge is 2.27. The summed E-state index contributed by atoms with van der Waals surface area (Å²) in [6.07, 6.45) is 0.864. The first-order valence-electron chi connectivity index (χ1n) is 7.10. The van der Waals surface area contributed by atoms with Gasteiger partial charge in [-0.2, -0.15) is 0 Å². The number of thiophene rings is 1. The van der Waals surface area contributed by atoms with E-state index in [-0.39, 0.29) is 12.1 Å². The molecule has 0 radical (unpaired) electrons. The molecule has 2 atom stereocenters. The van der Waals surface area contributed by atoms with Gasteiger partial charge in [0.2, 0.25) is 0 Å². The lowest BCUT2D eigenvalue weighted by molar-refractivity contribution is -0.00425. The number of morpholine rings is 1. The maximum Gasteiger partial charge on any atom is 0.317 e. The third kappa shape index (κ3) is 5.14. The molecule has 2 N–H and O–H groups in total. The standard InChI is InChI=1S/C14H21ClN2O3S/c1-10(18)8-11-9-20-7-6-17(11)14(19)16-5-4-12-2-3-13(15)21-12/h2-3,10-11,18H,4-9H2,1H3,(H,16,19)/t10-,11-/m0/s1. The summed E-state index contributed by atoms with van der Waals surface area (Å²) in [5.74, 6) is 0. The molecule has 1 aromatic rings. The number of amides is 2. The number of nitrogens with zero attached hydrogens (tertiary/aromatic N) is 1. The van der Waals surface area contributed by atoms with Crippen LogP contribution < -0.4 is 5.32 Å². The highest BCUT2D eigenvalue weighted by atomic mass is 35.5. The van der Waals surface area contributed by atoms with Crippen molar-refractivity contribution >= 4 is 29.0 Å². The van der Waals surface area contributed by atoms with Gasteiger partial charge >= 0.3 is 6.03 Å². The van der Waals surface area contributed by atoms with E-state index in [1.54, 1.807) is 11.8 Å². The maximum atomic E-state index is 12.2. The SMILES string of the molecule is C[C@H](O)C[C@H]1COCCN1C(=O)NCCc1ccc(Cl)s1. The van der Waals surface area contributed by atoms with Crippen molar-refractivity contribution in [2.24, 2.45) is 0 Å². The molecule has 0 bridgehead atoms. The van der Waals surface area contributed by atoms with E-state index in [0.29, 0.717) is 32.7 Å². The van der Waals surface area contributed by atoms with E-state index in [1.807, 2.05) is 12.1 Å². The molecule has 0 aromatic carbocycles. The lowest BCUT2D eigenvalue weighted by Gasteiger charge is -2.36. The molecule has 1 aliphatic heterocycles. The van der Waals surface area contributed by atoms with Gasteiger partial charge in [0.15, 0.2) is 0 Å². The van der Waals surface area contributed by atoms with Crippen molar-refractivity contribution in [3.63, 3.8) is 0 Å². The van der Waals surface area contributed by atoms with E-state index < -0.39 is 6.10 Å². The smallest absolute Gasteiger partial charge is 0.317 e. The van der Waals surface area contributed by atoms with Crippen LogP contribution in [0.4, 0.5) is 4.79 Å². The minimum Gasteiger partial charge on any atom is -0.393 e. The van der Waals surface area contributed by atoms with Crippen LogP contribution in [0.15, 0.2) is 12.1 Å². The average molecular weight is 333 g/mol. The zero-order valence-electron chi connectivity index (χ0n) is 12.0. The molecule has 21 heavy (non-hydrogen) atoms. The number of aliphatic hydroxyl groups is 1. The second kappa shape index (κ2) is 7.98. The summed E-state index contributed by atoms with van der Waals surface area (Å²) in [4.78, 5) is 15.2. The molecule has 0 saturated carbocycles. The predicted octanol–water partition coefficient (Wildman–Crippen LogP) is 2.13. The Hall–Kier alpha value is -0.820. The van der Waals surface area contributed by atoms with Gasteiger partial charge in [0.1, 0.15) is 0 Å². The number of halogens is 1. The highest BCUT2D eigenvalue weighted by Crippen LogP contribution is 2.21. The lowest BCUT2D eigenvalue weighted by Crippen LogP contribution is -2.53. The van der Waals surface area contributed by atoms with Crippen LogP contribution in [-0.2, 0) is 11.2 Å². The van der Waals surface area contributed by atoms with Crippen LogP contribution in [0.2, 0.25) is 4.34 Å². The molecule has 5 nitrogen and oxygen atoms in total. The van der Waals surface area contributed by atoms with Crippen LogP contribution in [-0.4, -0.2) is 54.5 Å². The van der Waals surface area contributed by atoms with Crippen LogP contribution in [0.3, 0.4) is 0 Å². The Balaban J connectivity index is 1.80. The number of ether oxygens (including phenoxy) is 1. The first-order valence-corrected chi connectivity index (χ1v) is 8.30. The second-order valence-corrected chi connectivity index (χ2v) is 6.99. The van der Waals surface area contributed by atoms with E-state index >= 15 is 0 Å². The molecule has 0 spiro atoms. The molecule has 1 fully saturated rings. The molecule has 1 saturated heterocycles. The number of carbonyl (C=O) groups is 1. The number of nitrogens with one attached hydrogen (secondary N) is 1. The summed E-state index contributed by atoms with van der Waals surface area (Å²) in [5, 5.41) is 12.4. The van der Waals surface area contributed by atoms with Crippen LogP contribution >= 0.6 is 22.9 Å². The molecule has 2 amide bonds. The van der Waals surface area contributed by atoms with Gasteiger partial charge in [-0.05, 0) is 31.9 Å². The molecule has 0 aliphatic carbocycles. The van der Waals surface area contributed by atoms with Gasteiger partial charge in [0.25, 0.3) is 0 Å². The van der Waals surface area contributed by atoms with Crippen molar-refractivity contribution < 1.29 is 14.6 Å². The van der Waals surface area contributed by atoms with Gasteiger partial charge in [-0.25, -0.2) is 4.79 Å². The van der Waals surface area contributed by atoms with Crippen LogP contribution in [0.25, 0.3) is 0 Å². The third-order valence-electron chi connectivity index (χ3n) is 3.38. The largest absolute Gasteiger partial charge is 0.393 e. The van der Waals surface area contributed by atoms with Crippen LogP contribution in [0.5, 0.6) is 0 Å². The molecule has 2 heterocycles. The van der Waals surface area contributed by atoms with Gasteiger partial charge < -0.3 is 20.1 Å². The summed E-state index contributed by atoms with van der Waals surface area (Å²) < 4.78 is 6.16. The van der Waals surface area contributed by atoms with Gasteiger partial charge in [-0.3, -0.25) is 0 Å². The highest BCUT2D eigenvalue weighted by molar-refractivity contribution is 7.16. The summed E-state index contributed by atoms with van der Waals surface area (Å²) in [5.41, 5.74) is 0. The second-order valence-electron chi connectivity index (χ2n) is 5.19. The monoisotopic (exact) mass is 332 g/mol. The van der Waals surface area contributed by atoms with Gasteiger partial charge in [0, 0.05) is 18.0 Å². The average Bonchev–Trinajstić information content (AvgIpc) is 2.84. The fourth-order valence-corrected chi connectivity index (χ4v) is 3.48. The minimum absolute atomic E-state index is 0.0602. The topological polar surface area (TPSA) is 61.8 Å². The van der Waals surface area contributed by atoms with Gasteiger partial charge in [-0.15, -0.1) is 11.3 Å². The zero-order valence-corrected chi connectivity index (χ0v) is 13.6. The van der Waals surface area contributed by atoms with Crippen LogP contribution in [0, 0.1) is 0 Å². The Labute approximate surface area is 133 Å². The molecule has 7 heteroatoms. The van der Waals surface area contributed by atoms with E-state index in [0.717, 1.165) is 15.6 Å². The van der Waals surface area contributed by atoms with E-state index in [2.05, 4.69) is 5.32 Å². The third-order valence-corrected chi connectivity index (χ3v) is 4.67. The van der Waals surface area contributed by atoms with E-state index in [9.17, 15) is 9.90 Å². The Morgan fingerprint density at radius 2 is 2.48 bits per heavy atom. The summed E-state index contributed by atoms with van der Waals surface area (Å²) in [6, 6.07) is 3.69. The number of hydrogen-bond donors (Lipinski definition) is 2. The van der Waals surface area contributed by atoms with Crippen molar-refractivity contribution in [2.45, 2.75) is 31.9 Å². The molecule has 1 aromatic heterocycles. The Kier molecular flexibility index (Phi) is 6.29. The van der Waals surface area contributed by atoms with Gasteiger partial charge in [-0.1, -0.05) is 11.6 Å². The zero-order chi connectivity index (χ0) is 15.2.